The van der Waals surface area contributed by atoms with E-state index < -0.39 is 4.92 Å². The number of benzene rings is 1. The number of aliphatic hydroxyl groups is 1. The minimum atomic E-state index is -0.414. The van der Waals surface area contributed by atoms with E-state index in [4.69, 9.17) is 5.11 Å². The number of anilines is 2. The summed E-state index contributed by atoms with van der Waals surface area (Å²) in [7, 11) is 0. The van der Waals surface area contributed by atoms with Crippen LogP contribution in [0.2, 0.25) is 0 Å². The fourth-order valence-electron chi connectivity index (χ4n) is 2.05. The van der Waals surface area contributed by atoms with Crippen molar-refractivity contribution in [2.75, 3.05) is 30.3 Å². The van der Waals surface area contributed by atoms with Crippen molar-refractivity contribution in [3.8, 4) is 0 Å². The van der Waals surface area contributed by atoms with Crippen LogP contribution in [0, 0.1) is 10.1 Å². The molecule has 0 saturated carbocycles. The number of nitrogens with one attached hydrogen (secondary N) is 2. The van der Waals surface area contributed by atoms with Gasteiger partial charge in [-0.3, -0.25) is 10.1 Å². The van der Waals surface area contributed by atoms with Gasteiger partial charge in [0.05, 0.1) is 17.9 Å². The molecule has 3 N–H and O–H groups in total. The Morgan fingerprint density at radius 1 is 1.32 bits per heavy atom. The van der Waals surface area contributed by atoms with Crippen molar-refractivity contribution < 1.29 is 10.0 Å². The molecule has 0 aliphatic rings. The average molecular weight is 305 g/mol. The van der Waals surface area contributed by atoms with Crippen molar-refractivity contribution in [3.63, 3.8) is 0 Å². The van der Waals surface area contributed by atoms with Gasteiger partial charge in [-0.2, -0.15) is 0 Å². The third-order valence-electron chi connectivity index (χ3n) is 3.10. The van der Waals surface area contributed by atoms with E-state index in [1.54, 1.807) is 24.7 Å². The van der Waals surface area contributed by atoms with Crippen LogP contribution in [0.25, 0.3) is 0 Å². The molecule has 0 aliphatic carbocycles. The van der Waals surface area contributed by atoms with Gasteiger partial charge in [0, 0.05) is 43.8 Å². The molecular formula is C14H19N5O3. The van der Waals surface area contributed by atoms with Crippen molar-refractivity contribution in [3.05, 3.63) is 47.0 Å². The zero-order chi connectivity index (χ0) is 15.8. The molecule has 118 valence electrons. The van der Waals surface area contributed by atoms with Crippen LogP contribution in [-0.4, -0.2) is 39.3 Å². The lowest BCUT2D eigenvalue weighted by atomic mass is 10.2. The maximum atomic E-state index is 11.1. The van der Waals surface area contributed by atoms with Crippen LogP contribution in [0.5, 0.6) is 0 Å². The maximum Gasteiger partial charge on any atom is 0.294 e. The van der Waals surface area contributed by atoms with E-state index in [9.17, 15) is 10.1 Å². The standard InChI is InChI=1S/C14H19N5O3/c20-9-6-16-12-2-3-13(14(10-12)19(21)22)17-4-1-7-18-8-5-15-11-18/h2-3,5,8,10-11,16-17,20H,1,4,6-7,9H2. The van der Waals surface area contributed by atoms with Gasteiger partial charge in [-0.1, -0.05) is 0 Å². The summed E-state index contributed by atoms with van der Waals surface area (Å²) in [4.78, 5) is 14.7. The number of hydrogen-bond donors (Lipinski definition) is 3. The third kappa shape index (κ3) is 4.45. The van der Waals surface area contributed by atoms with Crippen LogP contribution in [0.4, 0.5) is 17.1 Å². The Bertz CT molecular complexity index is 601. The fraction of sp³-hybridized carbons (Fsp3) is 0.357. The Kier molecular flexibility index (Phi) is 5.73. The number of aliphatic hydroxyl groups excluding tert-OH is 1. The molecule has 0 amide bonds. The van der Waals surface area contributed by atoms with Gasteiger partial charge in [-0.15, -0.1) is 0 Å². The number of nitro groups is 1. The molecule has 0 bridgehead atoms. The van der Waals surface area contributed by atoms with Gasteiger partial charge in [0.25, 0.3) is 5.69 Å². The highest BCUT2D eigenvalue weighted by atomic mass is 16.6. The van der Waals surface area contributed by atoms with Gasteiger partial charge in [0.1, 0.15) is 5.69 Å². The summed E-state index contributed by atoms with van der Waals surface area (Å²) in [6.45, 7) is 1.76. The Morgan fingerprint density at radius 2 is 2.18 bits per heavy atom. The molecule has 2 rings (SSSR count). The summed E-state index contributed by atoms with van der Waals surface area (Å²) in [5.74, 6) is 0. The molecule has 0 unspecified atom stereocenters. The van der Waals surface area contributed by atoms with Gasteiger partial charge in [0.15, 0.2) is 0 Å². The predicted molar refractivity (Wildman–Crippen MR) is 84.0 cm³/mol. The zero-order valence-corrected chi connectivity index (χ0v) is 12.1. The minimum Gasteiger partial charge on any atom is -0.395 e. The number of aryl methyl sites for hydroxylation is 1. The largest absolute Gasteiger partial charge is 0.395 e. The minimum absolute atomic E-state index is 0.0190. The van der Waals surface area contributed by atoms with E-state index in [0.29, 0.717) is 24.5 Å². The lowest BCUT2D eigenvalue weighted by Gasteiger charge is -2.10. The van der Waals surface area contributed by atoms with Crippen LogP contribution in [0.1, 0.15) is 6.42 Å². The van der Waals surface area contributed by atoms with Crippen molar-refractivity contribution in [1.82, 2.24) is 9.55 Å². The van der Waals surface area contributed by atoms with Crippen LogP contribution < -0.4 is 10.6 Å². The topological polar surface area (TPSA) is 105 Å². The lowest BCUT2D eigenvalue weighted by molar-refractivity contribution is -0.383. The van der Waals surface area contributed by atoms with Gasteiger partial charge in [0.2, 0.25) is 0 Å². The summed E-state index contributed by atoms with van der Waals surface area (Å²) in [5, 5.41) is 25.9. The molecule has 2 aromatic rings. The molecule has 1 heterocycles. The average Bonchev–Trinajstić information content (AvgIpc) is 3.03. The Labute approximate surface area is 127 Å². The Balaban J connectivity index is 1.92. The summed E-state index contributed by atoms with van der Waals surface area (Å²) >= 11 is 0. The van der Waals surface area contributed by atoms with E-state index in [2.05, 4.69) is 15.6 Å². The predicted octanol–water partition coefficient (Wildman–Crippen LogP) is 1.70. The number of nitro benzene ring substituents is 1. The Hall–Kier alpha value is -2.61. The normalized spacial score (nSPS) is 10.4. The van der Waals surface area contributed by atoms with Crippen molar-refractivity contribution in [1.29, 1.82) is 0 Å². The number of rotatable bonds is 9. The monoisotopic (exact) mass is 305 g/mol. The molecule has 1 aromatic heterocycles. The first-order valence-corrected chi connectivity index (χ1v) is 7.03. The summed E-state index contributed by atoms with van der Waals surface area (Å²) in [6, 6.07) is 4.89. The van der Waals surface area contributed by atoms with E-state index in [0.717, 1.165) is 13.0 Å². The number of imidazole rings is 1. The van der Waals surface area contributed by atoms with E-state index in [1.165, 1.54) is 6.07 Å². The highest BCUT2D eigenvalue weighted by Gasteiger charge is 2.14. The van der Waals surface area contributed by atoms with Gasteiger partial charge >= 0.3 is 0 Å². The summed E-state index contributed by atoms with van der Waals surface area (Å²) < 4.78 is 1.96. The molecule has 0 radical (unpaired) electrons. The number of hydrogen-bond acceptors (Lipinski definition) is 6. The van der Waals surface area contributed by atoms with Crippen molar-refractivity contribution >= 4 is 17.1 Å². The molecule has 8 nitrogen and oxygen atoms in total. The maximum absolute atomic E-state index is 11.1. The molecular weight excluding hydrogens is 286 g/mol. The van der Waals surface area contributed by atoms with Crippen LogP contribution >= 0.6 is 0 Å². The molecule has 1 aromatic carbocycles. The first kappa shape index (κ1) is 15.8. The first-order valence-electron chi connectivity index (χ1n) is 7.03. The number of nitrogens with zero attached hydrogens (tertiary/aromatic N) is 3. The lowest BCUT2D eigenvalue weighted by Crippen LogP contribution is -2.09. The van der Waals surface area contributed by atoms with E-state index >= 15 is 0 Å². The second-order valence-corrected chi connectivity index (χ2v) is 4.72. The molecule has 0 atom stereocenters. The SMILES string of the molecule is O=[N+]([O-])c1cc(NCCO)ccc1NCCCn1ccnc1. The Morgan fingerprint density at radius 3 is 2.86 bits per heavy atom. The van der Waals surface area contributed by atoms with Gasteiger partial charge < -0.3 is 20.3 Å². The first-order chi connectivity index (χ1) is 10.7. The van der Waals surface area contributed by atoms with E-state index in [-0.39, 0.29) is 12.3 Å². The van der Waals surface area contributed by atoms with Crippen LogP contribution in [0.3, 0.4) is 0 Å². The van der Waals surface area contributed by atoms with Crippen LogP contribution in [0.15, 0.2) is 36.9 Å². The molecule has 0 saturated heterocycles. The number of aromatic nitrogens is 2. The zero-order valence-electron chi connectivity index (χ0n) is 12.1. The summed E-state index contributed by atoms with van der Waals surface area (Å²) in [5.41, 5.74) is 1.13. The highest BCUT2D eigenvalue weighted by molar-refractivity contribution is 5.67. The van der Waals surface area contributed by atoms with Crippen LogP contribution in [-0.2, 0) is 6.54 Å². The third-order valence-corrected chi connectivity index (χ3v) is 3.10. The molecule has 8 heteroatoms. The quantitative estimate of drug-likeness (QED) is 0.370. The highest BCUT2D eigenvalue weighted by Crippen LogP contribution is 2.27. The van der Waals surface area contributed by atoms with E-state index in [1.807, 2.05) is 10.8 Å². The second kappa shape index (κ2) is 7.99. The van der Waals surface area contributed by atoms with Gasteiger partial charge in [-0.25, -0.2) is 4.98 Å². The molecule has 0 fully saturated rings. The summed E-state index contributed by atoms with van der Waals surface area (Å²) in [6.07, 6.45) is 6.17. The van der Waals surface area contributed by atoms with Crippen molar-refractivity contribution in [2.45, 2.75) is 13.0 Å². The molecule has 0 aliphatic heterocycles. The second-order valence-electron chi connectivity index (χ2n) is 4.72. The van der Waals surface area contributed by atoms with Gasteiger partial charge in [-0.05, 0) is 18.6 Å². The van der Waals surface area contributed by atoms with Crippen molar-refractivity contribution in [2.24, 2.45) is 0 Å². The molecule has 22 heavy (non-hydrogen) atoms. The smallest absolute Gasteiger partial charge is 0.294 e. The molecule has 0 spiro atoms. The fourth-order valence-corrected chi connectivity index (χ4v) is 2.05.